The van der Waals surface area contributed by atoms with Crippen molar-refractivity contribution in [1.29, 1.82) is 0 Å². The lowest BCUT2D eigenvalue weighted by molar-refractivity contribution is 0.459. The first-order valence-corrected chi connectivity index (χ1v) is 11.0. The Kier molecular flexibility index (Phi) is 3.79. The van der Waals surface area contributed by atoms with E-state index in [2.05, 4.69) is 4.72 Å². The number of aromatic hydroxyl groups is 1. The third-order valence-electron chi connectivity index (χ3n) is 4.43. The molecular weight excluding hydrogens is 386 g/mol. The lowest BCUT2D eigenvalue weighted by atomic mass is 10.0. The first-order chi connectivity index (χ1) is 12.7. The number of fused-ring (bicyclic) bond motifs is 3. The molecule has 4 rings (SSSR count). The van der Waals surface area contributed by atoms with Crippen LogP contribution in [0.5, 0.6) is 5.75 Å². The number of sulfone groups is 1. The summed E-state index contributed by atoms with van der Waals surface area (Å²) in [4.78, 5) is -0.343. The number of hydrogen-bond acceptors (Lipinski definition) is 5. The molecule has 3 aromatic carbocycles. The lowest BCUT2D eigenvalue weighted by Crippen LogP contribution is -2.20. The van der Waals surface area contributed by atoms with Gasteiger partial charge in [0.05, 0.1) is 15.5 Å². The van der Waals surface area contributed by atoms with Crippen LogP contribution >= 0.6 is 0 Å². The molecule has 0 spiro atoms. The highest BCUT2D eigenvalue weighted by molar-refractivity contribution is 7.93. The number of phenols is 1. The third-order valence-corrected chi connectivity index (χ3v) is 7.69. The summed E-state index contributed by atoms with van der Waals surface area (Å²) < 4.78 is 53.9. The van der Waals surface area contributed by atoms with Crippen molar-refractivity contribution >= 4 is 25.5 Å². The molecule has 1 aliphatic heterocycles. The largest absolute Gasteiger partial charge is 0.507 e. The highest BCUT2D eigenvalue weighted by Crippen LogP contribution is 2.47. The summed E-state index contributed by atoms with van der Waals surface area (Å²) in [6.07, 6.45) is 0. The number of hydrogen-bond donors (Lipinski definition) is 2. The van der Waals surface area contributed by atoms with E-state index in [4.69, 9.17) is 0 Å². The topological polar surface area (TPSA) is 101 Å². The first-order valence-electron chi connectivity index (χ1n) is 8.02. The molecule has 0 bridgehead atoms. The van der Waals surface area contributed by atoms with Crippen molar-refractivity contribution in [2.45, 2.75) is 21.6 Å². The minimum absolute atomic E-state index is 0.0164. The van der Waals surface area contributed by atoms with Crippen molar-refractivity contribution in [1.82, 2.24) is 0 Å². The molecule has 6 nitrogen and oxygen atoms in total. The maximum Gasteiger partial charge on any atom is 0.262 e. The average molecular weight is 401 g/mol. The van der Waals surface area contributed by atoms with E-state index in [0.717, 1.165) is 5.56 Å². The van der Waals surface area contributed by atoms with Crippen LogP contribution in [0.15, 0.2) is 75.4 Å². The summed E-state index contributed by atoms with van der Waals surface area (Å²) in [5.74, 6) is -0.440. The molecule has 8 heteroatoms. The van der Waals surface area contributed by atoms with Gasteiger partial charge in [0.15, 0.2) is 0 Å². The highest BCUT2D eigenvalue weighted by atomic mass is 32.2. The van der Waals surface area contributed by atoms with E-state index in [1.54, 1.807) is 24.3 Å². The van der Waals surface area contributed by atoms with Gasteiger partial charge in [-0.1, -0.05) is 35.9 Å². The third kappa shape index (κ3) is 2.68. The Hall–Kier alpha value is -2.84. The highest BCUT2D eigenvalue weighted by Gasteiger charge is 2.34. The molecule has 1 aliphatic rings. The number of aryl methyl sites for hydroxylation is 1. The second kappa shape index (κ2) is 5.83. The van der Waals surface area contributed by atoms with Crippen molar-refractivity contribution in [3.05, 3.63) is 66.2 Å². The van der Waals surface area contributed by atoms with E-state index in [0.29, 0.717) is 0 Å². The summed E-state index contributed by atoms with van der Waals surface area (Å²) in [5, 5.41) is 10.4. The van der Waals surface area contributed by atoms with Gasteiger partial charge in [-0.25, -0.2) is 16.8 Å². The molecule has 0 amide bonds. The van der Waals surface area contributed by atoms with Gasteiger partial charge in [0.25, 0.3) is 10.0 Å². The van der Waals surface area contributed by atoms with E-state index in [1.165, 1.54) is 36.4 Å². The summed E-state index contributed by atoms with van der Waals surface area (Å²) in [6.45, 7) is 1.84. The van der Waals surface area contributed by atoms with Crippen LogP contribution < -0.4 is 4.72 Å². The fraction of sp³-hybridized carbons (Fsp3) is 0.0526. The molecule has 138 valence electrons. The summed E-state index contributed by atoms with van der Waals surface area (Å²) in [6, 6.07) is 14.9. The lowest BCUT2D eigenvalue weighted by Gasteiger charge is -2.24. The summed E-state index contributed by atoms with van der Waals surface area (Å²) in [7, 11) is -7.92. The van der Waals surface area contributed by atoms with Gasteiger partial charge in [-0.05, 0) is 37.3 Å². The van der Waals surface area contributed by atoms with Crippen molar-refractivity contribution in [2.75, 3.05) is 4.72 Å². The number of benzene rings is 3. The molecule has 0 atom stereocenters. The molecule has 27 heavy (non-hydrogen) atoms. The fourth-order valence-electron chi connectivity index (χ4n) is 3.14. The fourth-order valence-corrected chi connectivity index (χ4v) is 5.99. The molecule has 0 unspecified atom stereocenters. The van der Waals surface area contributed by atoms with E-state index < -0.39 is 25.6 Å². The Morgan fingerprint density at radius 3 is 2.30 bits per heavy atom. The van der Waals surface area contributed by atoms with Crippen molar-refractivity contribution < 1.29 is 21.9 Å². The van der Waals surface area contributed by atoms with Crippen LogP contribution in [0.4, 0.5) is 5.69 Å². The zero-order chi connectivity index (χ0) is 19.4. The zero-order valence-corrected chi connectivity index (χ0v) is 15.8. The van der Waals surface area contributed by atoms with E-state index in [9.17, 15) is 21.9 Å². The Labute approximate surface area is 157 Å². The number of sulfonamides is 1. The second-order valence-corrected chi connectivity index (χ2v) is 9.79. The monoisotopic (exact) mass is 401 g/mol. The smallest absolute Gasteiger partial charge is 0.262 e. The van der Waals surface area contributed by atoms with Gasteiger partial charge < -0.3 is 5.11 Å². The standard InChI is InChI=1S/C19H15NO5S2/c1-12-6-8-13(9-7-12)26(22,23)19-16(21)11-10-15-18(19)14-4-2-3-5-17(14)27(24,25)20-15/h2-11,20-21H,1H3. The summed E-state index contributed by atoms with van der Waals surface area (Å²) >= 11 is 0. The van der Waals surface area contributed by atoms with Crippen LogP contribution in [-0.4, -0.2) is 21.9 Å². The molecular formula is C19H15NO5S2. The van der Waals surface area contributed by atoms with Crippen LogP contribution in [0.1, 0.15) is 5.56 Å². The van der Waals surface area contributed by atoms with Gasteiger partial charge >= 0.3 is 0 Å². The van der Waals surface area contributed by atoms with E-state index >= 15 is 0 Å². The molecule has 2 N–H and O–H groups in total. The van der Waals surface area contributed by atoms with Gasteiger partial charge in [0.1, 0.15) is 10.6 Å². The minimum atomic E-state index is -4.09. The Morgan fingerprint density at radius 1 is 0.926 bits per heavy atom. The molecule has 0 fully saturated rings. The molecule has 0 aromatic heterocycles. The van der Waals surface area contributed by atoms with E-state index in [1.807, 2.05) is 6.92 Å². The van der Waals surface area contributed by atoms with Gasteiger partial charge in [-0.15, -0.1) is 0 Å². The first kappa shape index (κ1) is 17.6. The predicted octanol–water partition coefficient (Wildman–Crippen LogP) is 3.31. The SMILES string of the molecule is Cc1ccc(S(=O)(=O)c2c(O)ccc3c2-c2ccccc2S(=O)(=O)N3)cc1. The van der Waals surface area contributed by atoms with Crippen molar-refractivity contribution in [3.63, 3.8) is 0 Å². The summed E-state index contributed by atoms with van der Waals surface area (Å²) in [5.41, 5.74) is 1.37. The van der Waals surface area contributed by atoms with Gasteiger partial charge in [0.2, 0.25) is 9.84 Å². The Morgan fingerprint density at radius 2 is 1.59 bits per heavy atom. The van der Waals surface area contributed by atoms with Crippen LogP contribution in [0.25, 0.3) is 11.1 Å². The van der Waals surface area contributed by atoms with Gasteiger partial charge in [-0.2, -0.15) is 0 Å². The minimum Gasteiger partial charge on any atom is -0.507 e. The maximum atomic E-state index is 13.3. The van der Waals surface area contributed by atoms with Crippen molar-refractivity contribution in [3.8, 4) is 16.9 Å². The average Bonchev–Trinajstić information content (AvgIpc) is 2.62. The van der Waals surface area contributed by atoms with Gasteiger partial charge in [-0.3, -0.25) is 4.72 Å². The normalized spacial score (nSPS) is 14.7. The molecule has 0 radical (unpaired) electrons. The number of anilines is 1. The molecule has 3 aromatic rings. The van der Waals surface area contributed by atoms with Crippen LogP contribution in [0.2, 0.25) is 0 Å². The maximum absolute atomic E-state index is 13.3. The molecule has 0 saturated carbocycles. The molecule has 0 aliphatic carbocycles. The zero-order valence-electron chi connectivity index (χ0n) is 14.2. The van der Waals surface area contributed by atoms with Gasteiger partial charge in [0, 0.05) is 11.1 Å². The Balaban J connectivity index is 2.08. The number of rotatable bonds is 2. The predicted molar refractivity (Wildman–Crippen MR) is 101 cm³/mol. The van der Waals surface area contributed by atoms with E-state index in [-0.39, 0.29) is 31.5 Å². The second-order valence-electron chi connectivity index (χ2n) is 6.25. The quantitative estimate of drug-likeness (QED) is 0.642. The van der Waals surface area contributed by atoms with Crippen LogP contribution in [0, 0.1) is 6.92 Å². The van der Waals surface area contributed by atoms with Crippen LogP contribution in [-0.2, 0) is 19.9 Å². The molecule has 1 heterocycles. The number of phenolic OH excluding ortho intramolecular Hbond substituents is 1. The molecule has 0 saturated heterocycles. The van der Waals surface area contributed by atoms with Crippen molar-refractivity contribution in [2.24, 2.45) is 0 Å². The van der Waals surface area contributed by atoms with Crippen LogP contribution in [0.3, 0.4) is 0 Å². The Bertz CT molecular complexity index is 1280. The number of nitrogens with one attached hydrogen (secondary N) is 1.